The average Bonchev–Trinajstić information content (AvgIpc) is 2.03. The molecule has 0 radical (unpaired) electrons. The second-order valence-corrected chi connectivity index (χ2v) is 2.50. The number of carbonyl (C=O) groups excluding carboxylic acids is 1. The lowest BCUT2D eigenvalue weighted by Crippen LogP contribution is -2.11. The Morgan fingerprint density at radius 1 is 1.62 bits per heavy atom. The van der Waals surface area contributed by atoms with Gasteiger partial charge in [-0.25, -0.2) is 4.99 Å². The highest BCUT2D eigenvalue weighted by Gasteiger charge is 2.04. The van der Waals surface area contributed by atoms with Gasteiger partial charge in [0.2, 0.25) is 0 Å². The van der Waals surface area contributed by atoms with Crippen molar-refractivity contribution in [2.75, 3.05) is 6.54 Å². The highest BCUT2D eigenvalue weighted by molar-refractivity contribution is 7.74. The number of carbonyl (C=O) groups is 1. The van der Waals surface area contributed by atoms with E-state index in [2.05, 4.69) is 22.6 Å². The Hall–Kier alpha value is -1.23. The van der Waals surface area contributed by atoms with Crippen molar-refractivity contribution in [1.82, 2.24) is 0 Å². The predicted octanol–water partition coefficient (Wildman–Crippen LogP) is 0.412. The Morgan fingerprint density at radius 2 is 2.23 bits per heavy atom. The van der Waals surface area contributed by atoms with Crippen molar-refractivity contribution in [3.05, 3.63) is 11.8 Å². The maximum Gasteiger partial charge on any atom is 0.293 e. The molecule has 0 aliphatic rings. The normalized spacial score (nSPS) is 13.7. The zero-order chi connectivity index (χ0) is 10.3. The SMILES string of the molecule is CCN=C(/C=C(/C)N)C(=O)N=C[S-]. The molecule has 13 heavy (non-hydrogen) atoms. The second-order valence-electron chi connectivity index (χ2n) is 2.29. The van der Waals surface area contributed by atoms with Crippen molar-refractivity contribution in [2.24, 2.45) is 15.7 Å². The van der Waals surface area contributed by atoms with E-state index in [4.69, 9.17) is 5.73 Å². The lowest BCUT2D eigenvalue weighted by atomic mass is 10.3. The van der Waals surface area contributed by atoms with Crippen molar-refractivity contribution < 1.29 is 4.79 Å². The molecule has 2 N–H and O–H groups in total. The van der Waals surface area contributed by atoms with Gasteiger partial charge in [0.25, 0.3) is 5.91 Å². The number of nitrogens with zero attached hydrogens (tertiary/aromatic N) is 2. The molecular formula is C8H12N3OS-. The van der Waals surface area contributed by atoms with Crippen LogP contribution in [0.25, 0.3) is 0 Å². The Balaban J connectivity index is 4.73. The lowest BCUT2D eigenvalue weighted by molar-refractivity contribution is -0.111. The second kappa shape index (κ2) is 6.30. The van der Waals surface area contributed by atoms with E-state index in [0.29, 0.717) is 12.2 Å². The van der Waals surface area contributed by atoms with Crippen LogP contribution in [0.15, 0.2) is 21.8 Å². The molecule has 0 bridgehead atoms. The zero-order valence-electron chi connectivity index (χ0n) is 7.65. The van der Waals surface area contributed by atoms with Crippen LogP contribution in [0.5, 0.6) is 0 Å². The van der Waals surface area contributed by atoms with E-state index in [1.807, 2.05) is 6.92 Å². The molecule has 0 saturated heterocycles. The molecule has 0 saturated carbocycles. The fourth-order valence-corrected chi connectivity index (χ4v) is 0.771. The summed E-state index contributed by atoms with van der Waals surface area (Å²) < 4.78 is 0. The topological polar surface area (TPSA) is 67.8 Å². The smallest absolute Gasteiger partial charge is 0.293 e. The Kier molecular flexibility index (Phi) is 5.71. The van der Waals surface area contributed by atoms with Gasteiger partial charge in [-0.05, 0) is 19.9 Å². The van der Waals surface area contributed by atoms with Crippen LogP contribution in [0.3, 0.4) is 0 Å². The molecule has 0 aliphatic carbocycles. The van der Waals surface area contributed by atoms with Gasteiger partial charge in [-0.1, -0.05) is 0 Å². The first kappa shape index (κ1) is 11.8. The molecule has 0 aromatic carbocycles. The maximum atomic E-state index is 11.2. The summed E-state index contributed by atoms with van der Waals surface area (Å²) >= 11 is 4.43. The van der Waals surface area contributed by atoms with E-state index in [0.717, 1.165) is 5.55 Å². The summed E-state index contributed by atoms with van der Waals surface area (Å²) in [7, 11) is 0. The van der Waals surface area contributed by atoms with Crippen LogP contribution in [0.4, 0.5) is 0 Å². The number of aliphatic imine (C=N–C) groups is 2. The molecule has 4 nitrogen and oxygen atoms in total. The molecule has 0 heterocycles. The van der Waals surface area contributed by atoms with Crippen LogP contribution in [-0.2, 0) is 17.4 Å². The average molecular weight is 198 g/mol. The summed E-state index contributed by atoms with van der Waals surface area (Å²) in [6, 6.07) is 0. The molecule has 0 fully saturated rings. The summed E-state index contributed by atoms with van der Waals surface area (Å²) in [5, 5.41) is 0. The highest BCUT2D eigenvalue weighted by Crippen LogP contribution is 1.90. The molecule has 0 unspecified atom stereocenters. The van der Waals surface area contributed by atoms with Gasteiger partial charge in [-0.15, -0.1) is 5.55 Å². The summed E-state index contributed by atoms with van der Waals surface area (Å²) in [5.41, 5.74) is 7.18. The molecule has 72 valence electrons. The molecule has 0 aliphatic heterocycles. The number of hydrogen-bond donors (Lipinski definition) is 1. The monoisotopic (exact) mass is 198 g/mol. The summed E-state index contributed by atoms with van der Waals surface area (Å²) in [5.74, 6) is -0.457. The van der Waals surface area contributed by atoms with Crippen molar-refractivity contribution in [2.45, 2.75) is 13.8 Å². The minimum atomic E-state index is -0.457. The van der Waals surface area contributed by atoms with E-state index < -0.39 is 5.91 Å². The largest absolute Gasteiger partial charge is 0.768 e. The summed E-state index contributed by atoms with van der Waals surface area (Å²) in [4.78, 5) is 18.5. The Morgan fingerprint density at radius 3 is 2.62 bits per heavy atom. The van der Waals surface area contributed by atoms with E-state index in [1.54, 1.807) is 6.92 Å². The standard InChI is InChI=1S/C8H13N3OS/c1-3-10-7(4-6(2)9)8(12)11-5-13/h4-5H,3,9H2,1-2H3,(H,11,12,13)/p-1/b6-4-,10-7?. The van der Waals surface area contributed by atoms with Crippen molar-refractivity contribution in [3.63, 3.8) is 0 Å². The van der Waals surface area contributed by atoms with E-state index >= 15 is 0 Å². The van der Waals surface area contributed by atoms with Crippen LogP contribution < -0.4 is 5.73 Å². The van der Waals surface area contributed by atoms with Gasteiger partial charge in [-0.3, -0.25) is 9.79 Å². The minimum Gasteiger partial charge on any atom is -0.768 e. The van der Waals surface area contributed by atoms with Crippen molar-refractivity contribution in [1.29, 1.82) is 0 Å². The highest BCUT2D eigenvalue weighted by atomic mass is 32.1. The first-order chi connectivity index (χ1) is 6.11. The molecule has 0 spiro atoms. The van der Waals surface area contributed by atoms with Crippen LogP contribution in [-0.4, -0.2) is 23.7 Å². The molecule has 0 aromatic rings. The first-order valence-electron chi connectivity index (χ1n) is 3.78. The molecule has 0 aromatic heterocycles. The first-order valence-corrected chi connectivity index (χ1v) is 4.26. The van der Waals surface area contributed by atoms with E-state index in [9.17, 15) is 4.79 Å². The van der Waals surface area contributed by atoms with Gasteiger partial charge < -0.3 is 18.4 Å². The fourth-order valence-electron chi connectivity index (χ4n) is 0.675. The maximum absolute atomic E-state index is 11.2. The molecule has 0 atom stereocenters. The fraction of sp³-hybridized carbons (Fsp3) is 0.375. The van der Waals surface area contributed by atoms with Crippen molar-refractivity contribution in [3.8, 4) is 0 Å². The van der Waals surface area contributed by atoms with Crippen LogP contribution >= 0.6 is 0 Å². The third kappa shape index (κ3) is 5.08. The van der Waals surface area contributed by atoms with Crippen molar-refractivity contribution >= 4 is 29.8 Å². The molecule has 0 rings (SSSR count). The number of amides is 1. The van der Waals surface area contributed by atoms with Crippen LogP contribution in [0.1, 0.15) is 13.8 Å². The number of rotatable bonds is 3. The van der Waals surface area contributed by atoms with Gasteiger partial charge in [0.15, 0.2) is 0 Å². The van der Waals surface area contributed by atoms with Gasteiger partial charge >= 0.3 is 0 Å². The van der Waals surface area contributed by atoms with E-state index in [-0.39, 0.29) is 5.71 Å². The molecule has 1 amide bonds. The van der Waals surface area contributed by atoms with Gasteiger partial charge in [-0.2, -0.15) is 0 Å². The van der Waals surface area contributed by atoms with E-state index in [1.165, 1.54) is 6.08 Å². The summed E-state index contributed by atoms with van der Waals surface area (Å²) in [6.07, 6.45) is 1.48. The number of hydrogen-bond acceptors (Lipinski definition) is 4. The van der Waals surface area contributed by atoms with Crippen LogP contribution in [0, 0.1) is 0 Å². The van der Waals surface area contributed by atoms with Gasteiger partial charge in [0.1, 0.15) is 5.71 Å². The zero-order valence-corrected chi connectivity index (χ0v) is 8.47. The number of allylic oxidation sites excluding steroid dienone is 1. The Bertz CT molecular complexity index is 265. The predicted molar refractivity (Wildman–Crippen MR) is 56.8 cm³/mol. The van der Waals surface area contributed by atoms with Gasteiger partial charge in [0, 0.05) is 12.2 Å². The molecule has 5 heteroatoms. The lowest BCUT2D eigenvalue weighted by Gasteiger charge is -1.97. The molecular weight excluding hydrogens is 186 g/mol. The number of nitrogens with two attached hydrogens (primary N) is 1. The summed E-state index contributed by atoms with van der Waals surface area (Å²) in [6.45, 7) is 4.01. The minimum absolute atomic E-state index is 0.239. The quantitative estimate of drug-likeness (QED) is 0.406. The third-order valence-electron chi connectivity index (χ3n) is 1.08. The van der Waals surface area contributed by atoms with Crippen LogP contribution in [0.2, 0.25) is 0 Å². The Labute approximate surface area is 83.1 Å². The third-order valence-corrected chi connectivity index (χ3v) is 1.19. The van der Waals surface area contributed by atoms with Gasteiger partial charge in [0.05, 0.1) is 0 Å².